The quantitative estimate of drug-likeness (QED) is 0.535. The van der Waals surface area contributed by atoms with E-state index in [9.17, 15) is 20.0 Å². The number of pyridine rings is 1. The molecule has 0 saturated carbocycles. The molecule has 2 atom stereocenters. The maximum absolute atomic E-state index is 13.2. The molecule has 3 aromatic rings. The standard InChI is InChI=1S/C25H26N6O3S/c1-14-8-20(9-15(2)27-14)22-21(19-7-5-6-18(10-19)11-26)28-23(35-22)29-24(32)30-12-17(4)31(25(33)34)13-16(30)3/h5-10,16-17H,12-13H2,1-4H3,(H,33,34)(H,28,29,32)/t16-,17+/m1/s1. The number of hydrogen-bond acceptors (Lipinski definition) is 6. The molecular weight excluding hydrogens is 464 g/mol. The van der Waals surface area contributed by atoms with Gasteiger partial charge in [0, 0.05) is 42.1 Å². The lowest BCUT2D eigenvalue weighted by molar-refractivity contribution is 0.0629. The molecule has 1 fully saturated rings. The van der Waals surface area contributed by atoms with Gasteiger partial charge in [-0.05, 0) is 57.5 Å². The van der Waals surface area contributed by atoms with Gasteiger partial charge in [0.25, 0.3) is 0 Å². The summed E-state index contributed by atoms with van der Waals surface area (Å²) in [5.41, 5.74) is 4.64. The highest BCUT2D eigenvalue weighted by Gasteiger charge is 2.34. The number of nitriles is 1. The summed E-state index contributed by atoms with van der Waals surface area (Å²) in [7, 11) is 0. The summed E-state index contributed by atoms with van der Waals surface area (Å²) in [6, 6.07) is 12.4. The zero-order valence-electron chi connectivity index (χ0n) is 19.9. The first-order valence-corrected chi connectivity index (χ1v) is 12.0. The van der Waals surface area contributed by atoms with E-state index >= 15 is 0 Å². The number of nitrogens with one attached hydrogen (secondary N) is 1. The maximum Gasteiger partial charge on any atom is 0.407 e. The van der Waals surface area contributed by atoms with Gasteiger partial charge in [-0.25, -0.2) is 14.6 Å². The number of carboxylic acid groups (broad SMARTS) is 1. The fraction of sp³-hybridized carbons (Fsp3) is 0.320. The molecule has 0 radical (unpaired) electrons. The van der Waals surface area contributed by atoms with Crippen LogP contribution in [-0.4, -0.2) is 62.2 Å². The number of hydrogen-bond donors (Lipinski definition) is 2. The van der Waals surface area contributed by atoms with Crippen molar-refractivity contribution in [3.63, 3.8) is 0 Å². The minimum atomic E-state index is -0.985. The van der Waals surface area contributed by atoms with E-state index < -0.39 is 6.09 Å². The van der Waals surface area contributed by atoms with E-state index in [1.807, 2.05) is 45.0 Å². The minimum absolute atomic E-state index is 0.245. The predicted molar refractivity (Wildman–Crippen MR) is 134 cm³/mol. The fourth-order valence-corrected chi connectivity index (χ4v) is 5.27. The van der Waals surface area contributed by atoms with Crippen LogP contribution in [-0.2, 0) is 0 Å². The van der Waals surface area contributed by atoms with E-state index in [2.05, 4.69) is 16.4 Å². The smallest absolute Gasteiger partial charge is 0.407 e. The predicted octanol–water partition coefficient (Wildman–Crippen LogP) is 4.97. The molecule has 0 unspecified atom stereocenters. The Hall–Kier alpha value is -3.97. The SMILES string of the molecule is Cc1cc(-c2sc(NC(=O)N3C[C@H](C)N(C(=O)O)C[C@H]3C)nc2-c2cccc(C#N)c2)cc(C)n1. The van der Waals surface area contributed by atoms with Gasteiger partial charge in [0.15, 0.2) is 5.13 Å². The molecule has 2 N–H and O–H groups in total. The van der Waals surface area contributed by atoms with Crippen LogP contribution in [0.15, 0.2) is 36.4 Å². The van der Waals surface area contributed by atoms with Gasteiger partial charge in [-0.3, -0.25) is 10.3 Å². The lowest BCUT2D eigenvalue weighted by Crippen LogP contribution is -2.60. The van der Waals surface area contributed by atoms with Crippen molar-refractivity contribution in [3.05, 3.63) is 53.3 Å². The molecule has 9 nitrogen and oxygen atoms in total. The molecule has 4 rings (SSSR count). The Balaban J connectivity index is 1.68. The molecule has 3 heterocycles. The molecule has 1 saturated heterocycles. The Kier molecular flexibility index (Phi) is 6.71. The Bertz CT molecular complexity index is 1310. The molecular formula is C25H26N6O3S. The van der Waals surface area contributed by atoms with Crippen LogP contribution >= 0.6 is 11.3 Å². The number of anilines is 1. The van der Waals surface area contributed by atoms with Crippen molar-refractivity contribution in [1.82, 2.24) is 19.8 Å². The Morgan fingerprint density at radius 2 is 1.71 bits per heavy atom. The average molecular weight is 491 g/mol. The lowest BCUT2D eigenvalue weighted by Gasteiger charge is -2.42. The van der Waals surface area contributed by atoms with Crippen molar-refractivity contribution in [1.29, 1.82) is 5.26 Å². The number of carbonyl (C=O) groups excluding carboxylic acids is 1. The molecule has 1 aliphatic rings. The highest BCUT2D eigenvalue weighted by Crippen LogP contribution is 2.40. The van der Waals surface area contributed by atoms with Crippen molar-refractivity contribution < 1.29 is 14.7 Å². The molecule has 2 aromatic heterocycles. The summed E-state index contributed by atoms with van der Waals surface area (Å²) in [6.45, 7) is 8.00. The van der Waals surface area contributed by atoms with Crippen LogP contribution in [0.1, 0.15) is 30.8 Å². The van der Waals surface area contributed by atoms with Crippen molar-refractivity contribution in [2.45, 2.75) is 39.8 Å². The number of urea groups is 1. The number of aryl methyl sites for hydroxylation is 2. The molecule has 3 amide bonds. The second-order valence-electron chi connectivity index (χ2n) is 8.74. The Morgan fingerprint density at radius 1 is 1.06 bits per heavy atom. The van der Waals surface area contributed by atoms with Crippen LogP contribution in [0.25, 0.3) is 21.7 Å². The van der Waals surface area contributed by atoms with Gasteiger partial charge in [0.1, 0.15) is 0 Å². The third-order valence-corrected chi connectivity index (χ3v) is 6.96. The molecule has 180 valence electrons. The summed E-state index contributed by atoms with van der Waals surface area (Å²) in [5, 5.41) is 22.1. The van der Waals surface area contributed by atoms with Gasteiger partial charge in [-0.15, -0.1) is 0 Å². The normalized spacial score (nSPS) is 17.7. The Morgan fingerprint density at radius 3 is 2.37 bits per heavy atom. The molecule has 1 aromatic carbocycles. The number of carbonyl (C=O) groups is 2. The van der Waals surface area contributed by atoms with E-state index in [-0.39, 0.29) is 31.2 Å². The van der Waals surface area contributed by atoms with Gasteiger partial charge in [0.05, 0.1) is 22.2 Å². The van der Waals surface area contributed by atoms with E-state index in [1.165, 1.54) is 16.2 Å². The highest BCUT2D eigenvalue weighted by atomic mass is 32.1. The number of piperazine rings is 1. The van der Waals surface area contributed by atoms with Gasteiger partial charge >= 0.3 is 12.1 Å². The lowest BCUT2D eigenvalue weighted by atomic mass is 10.0. The van der Waals surface area contributed by atoms with Crippen LogP contribution in [0.2, 0.25) is 0 Å². The number of amides is 3. The monoisotopic (exact) mass is 490 g/mol. The largest absolute Gasteiger partial charge is 0.465 e. The van der Waals surface area contributed by atoms with E-state index in [4.69, 9.17) is 4.98 Å². The van der Waals surface area contributed by atoms with E-state index in [0.717, 1.165) is 27.4 Å². The third-order valence-electron chi connectivity index (χ3n) is 5.94. The number of thiazole rings is 1. The number of benzene rings is 1. The molecule has 0 aliphatic carbocycles. The first-order valence-electron chi connectivity index (χ1n) is 11.2. The van der Waals surface area contributed by atoms with Crippen molar-refractivity contribution >= 4 is 28.6 Å². The first kappa shape index (κ1) is 24.2. The van der Waals surface area contributed by atoms with Crippen LogP contribution in [0.3, 0.4) is 0 Å². The van der Waals surface area contributed by atoms with Crippen molar-refractivity contribution in [3.8, 4) is 27.8 Å². The highest BCUT2D eigenvalue weighted by molar-refractivity contribution is 7.19. The summed E-state index contributed by atoms with van der Waals surface area (Å²) in [6.07, 6.45) is -0.985. The molecule has 1 aliphatic heterocycles. The number of aromatic nitrogens is 2. The zero-order chi connectivity index (χ0) is 25.3. The van der Waals surface area contributed by atoms with Crippen molar-refractivity contribution in [2.24, 2.45) is 0 Å². The maximum atomic E-state index is 13.2. The molecule has 0 spiro atoms. The van der Waals surface area contributed by atoms with Crippen LogP contribution in [0.5, 0.6) is 0 Å². The van der Waals surface area contributed by atoms with E-state index in [0.29, 0.717) is 16.4 Å². The van der Waals surface area contributed by atoms with Crippen LogP contribution < -0.4 is 5.32 Å². The third kappa shape index (κ3) is 5.10. The average Bonchev–Trinajstić information content (AvgIpc) is 3.23. The molecule has 10 heteroatoms. The second kappa shape index (κ2) is 9.72. The summed E-state index contributed by atoms with van der Waals surface area (Å²) in [5.74, 6) is 0. The van der Waals surface area contributed by atoms with Gasteiger partial charge in [0.2, 0.25) is 0 Å². The first-order chi connectivity index (χ1) is 16.7. The molecule has 0 bridgehead atoms. The minimum Gasteiger partial charge on any atom is -0.465 e. The number of rotatable bonds is 3. The molecule has 35 heavy (non-hydrogen) atoms. The number of nitrogens with zero attached hydrogens (tertiary/aromatic N) is 5. The fourth-order valence-electron chi connectivity index (χ4n) is 4.31. The van der Waals surface area contributed by atoms with Gasteiger partial charge in [-0.1, -0.05) is 23.5 Å². The summed E-state index contributed by atoms with van der Waals surface area (Å²) in [4.78, 5) is 37.7. The summed E-state index contributed by atoms with van der Waals surface area (Å²) < 4.78 is 0. The zero-order valence-corrected chi connectivity index (χ0v) is 20.8. The topological polar surface area (TPSA) is 122 Å². The van der Waals surface area contributed by atoms with Gasteiger partial charge < -0.3 is 14.9 Å². The van der Waals surface area contributed by atoms with Crippen LogP contribution in [0, 0.1) is 25.2 Å². The van der Waals surface area contributed by atoms with Gasteiger partial charge in [-0.2, -0.15) is 5.26 Å². The Labute approximate surface area is 207 Å². The van der Waals surface area contributed by atoms with E-state index in [1.54, 1.807) is 24.0 Å². The summed E-state index contributed by atoms with van der Waals surface area (Å²) >= 11 is 1.35. The van der Waals surface area contributed by atoms with Crippen LogP contribution in [0.4, 0.5) is 14.7 Å². The van der Waals surface area contributed by atoms with Crippen molar-refractivity contribution in [2.75, 3.05) is 18.4 Å². The second-order valence-corrected chi connectivity index (χ2v) is 9.74.